The number of hydrogen-bond donors (Lipinski definition) is 3. The van der Waals surface area contributed by atoms with E-state index in [0.717, 1.165) is 0 Å². The lowest BCUT2D eigenvalue weighted by Crippen LogP contribution is -2.34. The first-order valence-corrected chi connectivity index (χ1v) is 13.7. The Morgan fingerprint density at radius 2 is 1.81 bits per heavy atom. The van der Waals surface area contributed by atoms with Crippen LogP contribution in [0.5, 0.6) is 0 Å². The van der Waals surface area contributed by atoms with Crippen LogP contribution in [-0.2, 0) is 18.1 Å². The second-order valence-corrected chi connectivity index (χ2v) is 13.5. The quantitative estimate of drug-likeness (QED) is 0.253. The number of nitrogens with one attached hydrogen (secondary N) is 1. The molecule has 2 aromatic rings. The molecule has 1 fully saturated rings. The van der Waals surface area contributed by atoms with E-state index in [1.807, 2.05) is 0 Å². The van der Waals surface area contributed by atoms with E-state index < -0.39 is 47.4 Å². The number of hydrogen-bond acceptors (Lipinski definition) is 11. The van der Waals surface area contributed by atoms with Gasteiger partial charge in [-0.15, -0.1) is 11.8 Å². The van der Waals surface area contributed by atoms with Gasteiger partial charge in [0.15, 0.2) is 11.2 Å². The van der Waals surface area contributed by atoms with Gasteiger partial charge in [0.2, 0.25) is 5.95 Å². The maximum Gasteiger partial charge on any atom is 0.475 e. The SMILES string of the molecule is CN(C)C=Nc1nc2c(ncn2[C@@H]2S[C@H](COP(=O)(OC(C)(C)C)OC(C)(C)C)[C@@H](O)[C@H]2O)c(=O)[nH]1. The Balaban J connectivity index is 1.84. The number of phosphoric acid groups is 1. The van der Waals surface area contributed by atoms with Crippen molar-refractivity contribution >= 4 is 43.0 Å². The van der Waals surface area contributed by atoms with Crippen LogP contribution in [0.25, 0.3) is 11.2 Å². The van der Waals surface area contributed by atoms with Gasteiger partial charge in [0.25, 0.3) is 5.56 Å². The zero-order chi connectivity index (χ0) is 27.1. The molecule has 0 amide bonds. The zero-order valence-corrected chi connectivity index (χ0v) is 23.4. The molecule has 0 radical (unpaired) electrons. The van der Waals surface area contributed by atoms with Crippen LogP contribution in [0.2, 0.25) is 0 Å². The van der Waals surface area contributed by atoms with Gasteiger partial charge in [-0.25, -0.2) is 14.5 Å². The summed E-state index contributed by atoms with van der Waals surface area (Å²) in [5.41, 5.74) is -1.84. The fourth-order valence-corrected chi connectivity index (χ4v) is 6.70. The molecule has 0 spiro atoms. The highest BCUT2D eigenvalue weighted by Crippen LogP contribution is 2.56. The molecular formula is C21H35N6O7PS. The van der Waals surface area contributed by atoms with Crippen molar-refractivity contribution in [2.45, 2.75) is 75.6 Å². The first kappa shape index (κ1) is 28.8. The van der Waals surface area contributed by atoms with E-state index in [0.29, 0.717) is 0 Å². The summed E-state index contributed by atoms with van der Waals surface area (Å²) in [4.78, 5) is 29.3. The zero-order valence-electron chi connectivity index (χ0n) is 21.7. The van der Waals surface area contributed by atoms with E-state index in [1.165, 1.54) is 29.0 Å². The Bertz CT molecular complexity index is 1180. The molecule has 0 bridgehead atoms. The predicted octanol–water partition coefficient (Wildman–Crippen LogP) is 2.43. The van der Waals surface area contributed by atoms with Crippen LogP contribution in [-0.4, -0.2) is 90.3 Å². The maximum absolute atomic E-state index is 13.4. The highest BCUT2D eigenvalue weighted by atomic mass is 32.2. The van der Waals surface area contributed by atoms with E-state index >= 15 is 0 Å². The summed E-state index contributed by atoms with van der Waals surface area (Å²) in [5, 5.41) is 20.1. The van der Waals surface area contributed by atoms with Crippen LogP contribution in [0.3, 0.4) is 0 Å². The van der Waals surface area contributed by atoms with E-state index in [-0.39, 0.29) is 23.7 Å². The summed E-state index contributed by atoms with van der Waals surface area (Å²) in [6, 6.07) is 0. The molecule has 4 atom stereocenters. The fourth-order valence-electron chi connectivity index (χ4n) is 3.34. The van der Waals surface area contributed by atoms with Crippen molar-refractivity contribution in [3.8, 4) is 0 Å². The standard InChI is InChI=1S/C21H35N6O7PS/c1-20(2,3)33-35(31,34-21(4,5)6)32-9-12-14(28)15(29)18(36-12)27-11-22-13-16(27)24-19(25-17(13)30)23-10-26(7)8/h10-12,14-15,18,28-29H,9H2,1-8H3,(H,24,25,30)/t12-,14-,15-,18-/m1/s1. The van der Waals surface area contributed by atoms with Crippen molar-refractivity contribution in [2.24, 2.45) is 4.99 Å². The molecule has 0 saturated carbocycles. The lowest BCUT2D eigenvalue weighted by atomic mass is 10.1. The molecule has 2 aromatic heterocycles. The van der Waals surface area contributed by atoms with Gasteiger partial charge in [-0.3, -0.25) is 27.9 Å². The molecule has 202 valence electrons. The third kappa shape index (κ3) is 7.15. The van der Waals surface area contributed by atoms with Crippen LogP contribution < -0.4 is 5.56 Å². The van der Waals surface area contributed by atoms with Crippen molar-refractivity contribution < 1.29 is 28.3 Å². The molecule has 13 nitrogen and oxygen atoms in total. The summed E-state index contributed by atoms with van der Waals surface area (Å²) < 4.78 is 31.7. The number of aliphatic hydroxyl groups is 2. The molecule has 0 unspecified atom stereocenters. The van der Waals surface area contributed by atoms with E-state index in [9.17, 15) is 19.6 Å². The second kappa shape index (κ2) is 10.5. The van der Waals surface area contributed by atoms with Crippen molar-refractivity contribution in [3.05, 3.63) is 16.7 Å². The normalized spacial score (nSPS) is 23.7. The largest absolute Gasteiger partial charge is 0.475 e. The third-order valence-electron chi connectivity index (χ3n) is 4.61. The van der Waals surface area contributed by atoms with Crippen LogP contribution in [0.15, 0.2) is 16.1 Å². The highest BCUT2D eigenvalue weighted by Gasteiger charge is 2.46. The summed E-state index contributed by atoms with van der Waals surface area (Å²) >= 11 is 1.17. The van der Waals surface area contributed by atoms with Crippen molar-refractivity contribution in [3.63, 3.8) is 0 Å². The van der Waals surface area contributed by atoms with Gasteiger partial charge in [0, 0.05) is 14.1 Å². The first-order chi connectivity index (χ1) is 16.5. The number of nitrogens with zero attached hydrogens (tertiary/aromatic N) is 5. The van der Waals surface area contributed by atoms with Crippen LogP contribution in [0.1, 0.15) is 46.9 Å². The van der Waals surface area contributed by atoms with E-state index in [1.54, 1.807) is 60.5 Å². The molecule has 3 heterocycles. The van der Waals surface area contributed by atoms with Gasteiger partial charge in [-0.05, 0) is 41.5 Å². The lowest BCUT2D eigenvalue weighted by Gasteiger charge is -2.31. The number of imidazole rings is 1. The van der Waals surface area contributed by atoms with E-state index in [4.69, 9.17) is 13.6 Å². The number of H-pyrrole nitrogens is 1. The van der Waals surface area contributed by atoms with Gasteiger partial charge >= 0.3 is 7.82 Å². The van der Waals surface area contributed by atoms with Gasteiger partial charge in [-0.2, -0.15) is 4.98 Å². The Labute approximate surface area is 213 Å². The van der Waals surface area contributed by atoms with Gasteiger partial charge in [0.05, 0.1) is 41.8 Å². The van der Waals surface area contributed by atoms with Crippen LogP contribution in [0.4, 0.5) is 5.95 Å². The Kier molecular flexibility index (Phi) is 8.41. The van der Waals surface area contributed by atoms with Crippen LogP contribution >= 0.6 is 19.6 Å². The summed E-state index contributed by atoms with van der Waals surface area (Å²) in [5.74, 6) is 0.0699. The number of aromatic amines is 1. The number of aromatic nitrogens is 4. The third-order valence-corrected chi connectivity index (χ3v) is 8.17. The molecular weight excluding hydrogens is 511 g/mol. The highest BCUT2D eigenvalue weighted by molar-refractivity contribution is 8.00. The van der Waals surface area contributed by atoms with Crippen molar-refractivity contribution in [2.75, 3.05) is 20.7 Å². The number of rotatable bonds is 8. The number of fused-ring (bicyclic) bond motifs is 1. The molecule has 1 aliphatic rings. The number of aliphatic hydroxyl groups excluding tert-OH is 2. The topological polar surface area (TPSA) is 164 Å². The molecule has 3 rings (SSSR count). The molecule has 15 heteroatoms. The monoisotopic (exact) mass is 546 g/mol. The Hall–Kier alpha value is -1.80. The number of phosphoric ester groups is 1. The maximum atomic E-state index is 13.4. The van der Waals surface area contributed by atoms with Crippen molar-refractivity contribution in [1.29, 1.82) is 0 Å². The Morgan fingerprint density at radius 3 is 2.36 bits per heavy atom. The fraction of sp³-hybridized carbons (Fsp3) is 0.714. The lowest BCUT2D eigenvalue weighted by molar-refractivity contribution is -0.0107. The molecule has 0 aromatic carbocycles. The second-order valence-electron chi connectivity index (χ2n) is 10.6. The van der Waals surface area contributed by atoms with Gasteiger partial charge in [0.1, 0.15) is 11.5 Å². The minimum absolute atomic E-state index is 0.0699. The van der Waals surface area contributed by atoms with E-state index in [2.05, 4.69) is 19.9 Å². The molecule has 0 aliphatic carbocycles. The predicted molar refractivity (Wildman–Crippen MR) is 138 cm³/mol. The molecule has 1 aliphatic heterocycles. The Morgan fingerprint density at radius 1 is 1.19 bits per heavy atom. The summed E-state index contributed by atoms with van der Waals surface area (Å²) in [6.45, 7) is 10.1. The van der Waals surface area contributed by atoms with Crippen LogP contribution in [0, 0.1) is 0 Å². The average Bonchev–Trinajstić information content (AvgIpc) is 3.24. The molecule has 1 saturated heterocycles. The minimum atomic E-state index is -4.01. The summed E-state index contributed by atoms with van der Waals surface area (Å²) in [6.07, 6.45) is 0.378. The molecule has 3 N–H and O–H groups in total. The minimum Gasteiger partial charge on any atom is -0.389 e. The first-order valence-electron chi connectivity index (χ1n) is 11.3. The number of aliphatic imine (C=N–C) groups is 1. The average molecular weight is 547 g/mol. The number of thioether (sulfide) groups is 1. The smallest absolute Gasteiger partial charge is 0.389 e. The van der Waals surface area contributed by atoms with Crippen molar-refractivity contribution in [1.82, 2.24) is 24.4 Å². The van der Waals surface area contributed by atoms with Gasteiger partial charge in [-0.1, -0.05) is 0 Å². The van der Waals surface area contributed by atoms with Gasteiger partial charge < -0.3 is 15.1 Å². The summed E-state index contributed by atoms with van der Waals surface area (Å²) in [7, 11) is -0.461. The molecule has 36 heavy (non-hydrogen) atoms.